The van der Waals surface area contributed by atoms with Crippen molar-refractivity contribution in [2.45, 2.75) is 51.0 Å². The first kappa shape index (κ1) is 17.3. The van der Waals surface area contributed by atoms with E-state index in [1.807, 2.05) is 0 Å². The van der Waals surface area contributed by atoms with E-state index in [-0.39, 0.29) is 24.4 Å². The molecule has 1 atom stereocenters. The Morgan fingerprint density at radius 3 is 2.55 bits per heavy atom. The van der Waals surface area contributed by atoms with Gasteiger partial charge in [-0.1, -0.05) is 43.2 Å². The zero-order valence-corrected chi connectivity index (χ0v) is 14.0. The van der Waals surface area contributed by atoms with Gasteiger partial charge in [0, 0.05) is 6.54 Å². The van der Waals surface area contributed by atoms with Crippen molar-refractivity contribution in [2.24, 2.45) is 5.41 Å². The summed E-state index contributed by atoms with van der Waals surface area (Å²) in [6.45, 7) is 1.81. The number of benzene rings is 1. The maximum Gasteiger partial charge on any atom is 0.237 e. The maximum absolute atomic E-state index is 12.3. The number of hydrogen-bond donors (Lipinski definition) is 2. The molecular formula is C18H27ClN2O. The van der Waals surface area contributed by atoms with Crippen LogP contribution in [0, 0.1) is 5.41 Å². The predicted molar refractivity (Wildman–Crippen MR) is 92.3 cm³/mol. The third-order valence-corrected chi connectivity index (χ3v) is 5.10. The van der Waals surface area contributed by atoms with E-state index in [4.69, 9.17) is 0 Å². The average Bonchev–Trinajstić information content (AvgIpc) is 2.51. The molecule has 1 unspecified atom stereocenters. The molecule has 1 aromatic rings. The van der Waals surface area contributed by atoms with Crippen molar-refractivity contribution >= 4 is 18.3 Å². The fourth-order valence-corrected chi connectivity index (χ4v) is 3.60. The second-order valence-electron chi connectivity index (χ2n) is 6.74. The summed E-state index contributed by atoms with van der Waals surface area (Å²) in [7, 11) is 0. The molecule has 1 aliphatic heterocycles. The molecule has 2 aliphatic rings. The molecule has 3 rings (SSSR count). The lowest BCUT2D eigenvalue weighted by Crippen LogP contribution is -2.51. The molecule has 0 spiro atoms. The zero-order valence-electron chi connectivity index (χ0n) is 13.1. The highest BCUT2D eigenvalue weighted by Gasteiger charge is 2.37. The maximum atomic E-state index is 12.3. The van der Waals surface area contributed by atoms with Crippen LogP contribution in [0.15, 0.2) is 30.3 Å². The van der Waals surface area contributed by atoms with E-state index in [1.54, 1.807) is 0 Å². The van der Waals surface area contributed by atoms with Gasteiger partial charge in [-0.3, -0.25) is 4.79 Å². The van der Waals surface area contributed by atoms with Crippen molar-refractivity contribution in [3.63, 3.8) is 0 Å². The van der Waals surface area contributed by atoms with Gasteiger partial charge in [0.1, 0.15) is 0 Å². The summed E-state index contributed by atoms with van der Waals surface area (Å²) in [6.07, 6.45) is 8.20. The van der Waals surface area contributed by atoms with Gasteiger partial charge in [0.15, 0.2) is 0 Å². The molecule has 2 fully saturated rings. The molecule has 1 saturated carbocycles. The third-order valence-electron chi connectivity index (χ3n) is 5.10. The highest BCUT2D eigenvalue weighted by molar-refractivity contribution is 5.85. The molecule has 1 amide bonds. The van der Waals surface area contributed by atoms with Gasteiger partial charge in [-0.05, 0) is 49.6 Å². The number of hydrogen-bond acceptors (Lipinski definition) is 2. The second kappa shape index (κ2) is 7.98. The summed E-state index contributed by atoms with van der Waals surface area (Å²) in [6, 6.07) is 10.7. The van der Waals surface area contributed by atoms with E-state index in [2.05, 4.69) is 41.0 Å². The van der Waals surface area contributed by atoms with Crippen LogP contribution in [-0.2, 0) is 11.2 Å². The zero-order chi connectivity index (χ0) is 14.5. The molecule has 22 heavy (non-hydrogen) atoms. The summed E-state index contributed by atoms with van der Waals surface area (Å²) < 4.78 is 0. The van der Waals surface area contributed by atoms with Crippen LogP contribution in [0.5, 0.6) is 0 Å². The second-order valence-corrected chi connectivity index (χ2v) is 6.74. The molecule has 4 heteroatoms. The lowest BCUT2D eigenvalue weighted by atomic mass is 9.65. The van der Waals surface area contributed by atoms with Crippen LogP contribution < -0.4 is 10.6 Å². The monoisotopic (exact) mass is 322 g/mol. The lowest BCUT2D eigenvalue weighted by Gasteiger charge is -2.42. The molecule has 0 radical (unpaired) electrons. The van der Waals surface area contributed by atoms with Crippen LogP contribution in [0.2, 0.25) is 0 Å². The van der Waals surface area contributed by atoms with Gasteiger partial charge in [0.2, 0.25) is 5.91 Å². The van der Waals surface area contributed by atoms with Gasteiger partial charge in [0.05, 0.1) is 6.04 Å². The minimum atomic E-state index is 0. The van der Waals surface area contributed by atoms with E-state index in [0.717, 1.165) is 25.9 Å². The summed E-state index contributed by atoms with van der Waals surface area (Å²) in [5.74, 6) is 0.203. The van der Waals surface area contributed by atoms with E-state index in [1.165, 1.54) is 37.7 Å². The molecule has 1 saturated heterocycles. The van der Waals surface area contributed by atoms with Crippen molar-refractivity contribution in [3.8, 4) is 0 Å². The van der Waals surface area contributed by atoms with Gasteiger partial charge in [0.25, 0.3) is 0 Å². The van der Waals surface area contributed by atoms with Crippen molar-refractivity contribution in [1.82, 2.24) is 10.6 Å². The molecule has 3 nitrogen and oxygen atoms in total. The van der Waals surface area contributed by atoms with Gasteiger partial charge in [-0.15, -0.1) is 12.4 Å². The van der Waals surface area contributed by atoms with E-state index < -0.39 is 0 Å². The molecule has 1 heterocycles. The Morgan fingerprint density at radius 1 is 1.18 bits per heavy atom. The summed E-state index contributed by atoms with van der Waals surface area (Å²) in [4.78, 5) is 12.3. The SMILES string of the molecule is Cl.O=C(NCC1(Cc2ccccc2)CCC1)C1CCCCN1. The molecule has 1 aliphatic carbocycles. The smallest absolute Gasteiger partial charge is 0.237 e. The van der Waals surface area contributed by atoms with Gasteiger partial charge < -0.3 is 10.6 Å². The highest BCUT2D eigenvalue weighted by atomic mass is 35.5. The standard InChI is InChI=1S/C18H26N2O.ClH/c21-17(16-9-4-5-12-19-16)20-14-18(10-6-11-18)13-15-7-2-1-3-8-15;/h1-3,7-8,16,19H,4-6,9-14H2,(H,20,21);1H. The first-order valence-electron chi connectivity index (χ1n) is 8.33. The van der Waals surface area contributed by atoms with Crippen LogP contribution in [0.4, 0.5) is 0 Å². The van der Waals surface area contributed by atoms with Crippen molar-refractivity contribution in [2.75, 3.05) is 13.1 Å². The van der Waals surface area contributed by atoms with E-state index in [9.17, 15) is 4.79 Å². The fraction of sp³-hybridized carbons (Fsp3) is 0.611. The Labute approximate surface area is 139 Å². The molecule has 0 aromatic heterocycles. The van der Waals surface area contributed by atoms with Gasteiger partial charge in [-0.25, -0.2) is 0 Å². The van der Waals surface area contributed by atoms with E-state index >= 15 is 0 Å². The minimum absolute atomic E-state index is 0. The number of nitrogens with one attached hydrogen (secondary N) is 2. The predicted octanol–water partition coefficient (Wildman–Crippen LogP) is 3.08. The van der Waals surface area contributed by atoms with Crippen LogP contribution in [0.25, 0.3) is 0 Å². The normalized spacial score (nSPS) is 23.0. The van der Waals surface area contributed by atoms with Crippen LogP contribution in [-0.4, -0.2) is 25.0 Å². The number of carbonyl (C=O) groups is 1. The number of carbonyl (C=O) groups excluding carboxylic acids is 1. The summed E-state index contributed by atoms with van der Waals surface area (Å²) >= 11 is 0. The van der Waals surface area contributed by atoms with Crippen molar-refractivity contribution in [3.05, 3.63) is 35.9 Å². The van der Waals surface area contributed by atoms with Crippen molar-refractivity contribution < 1.29 is 4.79 Å². The Balaban J connectivity index is 0.00000176. The molecule has 0 bridgehead atoms. The summed E-state index contributed by atoms with van der Waals surface area (Å²) in [5.41, 5.74) is 1.69. The van der Waals surface area contributed by atoms with Crippen LogP contribution in [0.1, 0.15) is 44.1 Å². The first-order valence-corrected chi connectivity index (χ1v) is 8.33. The molecular weight excluding hydrogens is 296 g/mol. The lowest BCUT2D eigenvalue weighted by molar-refractivity contribution is -0.124. The molecule has 2 N–H and O–H groups in total. The minimum Gasteiger partial charge on any atom is -0.354 e. The third kappa shape index (κ3) is 4.23. The highest BCUT2D eigenvalue weighted by Crippen LogP contribution is 2.43. The Morgan fingerprint density at radius 2 is 1.95 bits per heavy atom. The average molecular weight is 323 g/mol. The van der Waals surface area contributed by atoms with Crippen molar-refractivity contribution in [1.29, 1.82) is 0 Å². The fourth-order valence-electron chi connectivity index (χ4n) is 3.60. The topological polar surface area (TPSA) is 41.1 Å². The largest absolute Gasteiger partial charge is 0.354 e. The van der Waals surface area contributed by atoms with Crippen LogP contribution in [0.3, 0.4) is 0 Å². The van der Waals surface area contributed by atoms with Gasteiger partial charge >= 0.3 is 0 Å². The van der Waals surface area contributed by atoms with Crippen LogP contribution >= 0.6 is 12.4 Å². The molecule has 1 aromatic carbocycles. The number of halogens is 1. The summed E-state index contributed by atoms with van der Waals surface area (Å²) in [5, 5.41) is 6.54. The molecule has 122 valence electrons. The van der Waals surface area contributed by atoms with E-state index in [0.29, 0.717) is 5.41 Å². The number of amides is 1. The number of rotatable bonds is 5. The first-order chi connectivity index (χ1) is 10.3. The number of piperidine rings is 1. The van der Waals surface area contributed by atoms with Gasteiger partial charge in [-0.2, -0.15) is 0 Å². The Bertz CT molecular complexity index is 467. The Kier molecular flexibility index (Phi) is 6.27. The Hall–Kier alpha value is -1.06. The quantitative estimate of drug-likeness (QED) is 0.874.